The normalized spacial score (nSPS) is 12.9. The summed E-state index contributed by atoms with van der Waals surface area (Å²) in [7, 11) is 3.58. The van der Waals surface area contributed by atoms with E-state index in [4.69, 9.17) is 4.98 Å². The van der Waals surface area contributed by atoms with Crippen LogP contribution in [0.5, 0.6) is 0 Å². The second kappa shape index (κ2) is 8.65. The smallest absolute Gasteiger partial charge is 0.240 e. The van der Waals surface area contributed by atoms with Gasteiger partial charge in [0.1, 0.15) is 0 Å². The molecule has 0 saturated heterocycles. The highest BCUT2D eigenvalue weighted by Crippen LogP contribution is 2.23. The van der Waals surface area contributed by atoms with Crippen LogP contribution in [-0.2, 0) is 16.6 Å². The van der Waals surface area contributed by atoms with Gasteiger partial charge in [-0.05, 0) is 20.8 Å². The minimum atomic E-state index is -0.232. The van der Waals surface area contributed by atoms with Crippen LogP contribution in [0, 0.1) is 0 Å². The fraction of sp³-hybridized carbons (Fsp3) is 0.722. The molecule has 142 valence electrons. The van der Waals surface area contributed by atoms with E-state index < -0.39 is 0 Å². The lowest BCUT2D eigenvalue weighted by molar-refractivity contribution is -0.122. The van der Waals surface area contributed by atoms with Gasteiger partial charge in [-0.25, -0.2) is 4.98 Å². The molecule has 0 atom stereocenters. The molecule has 0 aliphatic carbocycles. The molecule has 0 aliphatic heterocycles. The number of aliphatic imine (C=N–C) groups is 1. The first kappa shape index (κ1) is 21.4. The number of carbonyl (C=O) groups excluding carboxylic acids is 1. The van der Waals surface area contributed by atoms with Crippen LogP contribution in [0.2, 0.25) is 0 Å². The van der Waals surface area contributed by atoms with Gasteiger partial charge in [0.25, 0.3) is 0 Å². The lowest BCUT2D eigenvalue weighted by Crippen LogP contribution is -2.49. The summed E-state index contributed by atoms with van der Waals surface area (Å²) < 4.78 is 0. The van der Waals surface area contributed by atoms with Crippen LogP contribution in [0.1, 0.15) is 52.2 Å². The van der Waals surface area contributed by atoms with Gasteiger partial charge in [0, 0.05) is 43.4 Å². The highest BCUT2D eigenvalue weighted by molar-refractivity contribution is 7.09. The summed E-state index contributed by atoms with van der Waals surface area (Å²) in [5.41, 5.74) is 0.983. The molecule has 1 aromatic rings. The molecule has 0 saturated carbocycles. The van der Waals surface area contributed by atoms with Gasteiger partial charge in [-0.1, -0.05) is 20.8 Å². The van der Waals surface area contributed by atoms with E-state index in [2.05, 4.69) is 41.8 Å². The molecule has 1 amide bonds. The van der Waals surface area contributed by atoms with Crippen molar-refractivity contribution in [3.63, 3.8) is 0 Å². The van der Waals surface area contributed by atoms with E-state index in [1.807, 2.05) is 32.7 Å². The largest absolute Gasteiger partial charge is 0.356 e. The third-order valence-electron chi connectivity index (χ3n) is 3.41. The van der Waals surface area contributed by atoms with Crippen molar-refractivity contribution >= 4 is 23.2 Å². The first-order valence-electron chi connectivity index (χ1n) is 8.60. The topological polar surface area (TPSA) is 69.6 Å². The van der Waals surface area contributed by atoms with Gasteiger partial charge < -0.3 is 15.5 Å². The zero-order valence-corrected chi connectivity index (χ0v) is 17.7. The fourth-order valence-corrected chi connectivity index (χ4v) is 3.21. The molecule has 1 heterocycles. The Balaban J connectivity index is 2.48. The number of hydrogen-bond donors (Lipinski definition) is 2. The van der Waals surface area contributed by atoms with Crippen molar-refractivity contribution < 1.29 is 4.79 Å². The minimum absolute atomic E-state index is 0.0207. The lowest BCUT2D eigenvalue weighted by atomic mass is 9.93. The van der Waals surface area contributed by atoms with Crippen molar-refractivity contribution in [2.45, 2.75) is 58.9 Å². The van der Waals surface area contributed by atoms with Crippen LogP contribution in [0.15, 0.2) is 10.4 Å². The first-order chi connectivity index (χ1) is 11.4. The van der Waals surface area contributed by atoms with E-state index in [-0.39, 0.29) is 23.4 Å². The molecule has 6 nitrogen and oxygen atoms in total. The molecule has 7 heteroatoms. The van der Waals surface area contributed by atoms with Crippen LogP contribution in [0.3, 0.4) is 0 Å². The summed E-state index contributed by atoms with van der Waals surface area (Å²) in [5, 5.41) is 9.50. The molecule has 0 unspecified atom stereocenters. The molecular weight excluding hydrogens is 334 g/mol. The Morgan fingerprint density at radius 3 is 2.40 bits per heavy atom. The van der Waals surface area contributed by atoms with Gasteiger partial charge in [-0.3, -0.25) is 9.79 Å². The second-order valence-electron chi connectivity index (χ2n) is 8.25. The summed E-state index contributed by atoms with van der Waals surface area (Å²) >= 11 is 1.69. The Bertz CT molecular complexity index is 595. The number of thiazole rings is 1. The van der Waals surface area contributed by atoms with Crippen molar-refractivity contribution in [3.8, 4) is 0 Å². The number of hydrogen-bond acceptors (Lipinski definition) is 4. The van der Waals surface area contributed by atoms with E-state index >= 15 is 0 Å². The Morgan fingerprint density at radius 1 is 1.28 bits per heavy atom. The second-order valence-corrected chi connectivity index (χ2v) is 9.20. The predicted molar refractivity (Wildman–Crippen MR) is 106 cm³/mol. The van der Waals surface area contributed by atoms with Gasteiger partial charge in [-0.15, -0.1) is 11.3 Å². The molecule has 1 aromatic heterocycles. The number of guanidine groups is 1. The number of aromatic nitrogens is 1. The van der Waals surface area contributed by atoms with Crippen LogP contribution in [0.4, 0.5) is 0 Å². The summed E-state index contributed by atoms with van der Waals surface area (Å²) in [4.78, 5) is 22.8. The fourth-order valence-electron chi connectivity index (χ4n) is 2.18. The van der Waals surface area contributed by atoms with Crippen molar-refractivity contribution in [2.24, 2.45) is 4.99 Å². The highest BCUT2D eigenvalue weighted by atomic mass is 32.1. The summed E-state index contributed by atoms with van der Waals surface area (Å²) in [6, 6.07) is 0. The Labute approximate surface area is 156 Å². The van der Waals surface area contributed by atoms with Crippen LogP contribution >= 0.6 is 11.3 Å². The standard InChI is InChI=1S/C18H33N5OS/c1-17(2,3)13-12-25-15(21-13)9-10-20-16(19-7)23(8)11-14(24)22-18(4,5)6/h12H,9-11H2,1-8H3,(H,19,20)(H,22,24). The third-order valence-corrected chi connectivity index (χ3v) is 4.32. The third kappa shape index (κ3) is 7.86. The van der Waals surface area contributed by atoms with E-state index in [1.165, 1.54) is 0 Å². The maximum atomic E-state index is 12.0. The van der Waals surface area contributed by atoms with Crippen molar-refractivity contribution in [3.05, 3.63) is 16.1 Å². The molecule has 0 aromatic carbocycles. The molecule has 0 spiro atoms. The number of nitrogens with one attached hydrogen (secondary N) is 2. The Morgan fingerprint density at radius 2 is 1.92 bits per heavy atom. The predicted octanol–water partition coefficient (Wildman–Crippen LogP) is 2.41. The highest BCUT2D eigenvalue weighted by Gasteiger charge is 2.18. The average molecular weight is 368 g/mol. The number of likely N-dealkylation sites (N-methyl/N-ethyl adjacent to an activating group) is 1. The molecular formula is C18H33N5OS. The van der Waals surface area contributed by atoms with Crippen LogP contribution in [0.25, 0.3) is 0 Å². The zero-order chi connectivity index (χ0) is 19.3. The van der Waals surface area contributed by atoms with Gasteiger partial charge in [0.15, 0.2) is 5.96 Å². The average Bonchev–Trinajstić information content (AvgIpc) is 2.90. The minimum Gasteiger partial charge on any atom is -0.356 e. The molecule has 25 heavy (non-hydrogen) atoms. The van der Waals surface area contributed by atoms with E-state index in [9.17, 15) is 4.79 Å². The van der Waals surface area contributed by atoms with Gasteiger partial charge in [0.05, 0.1) is 17.2 Å². The van der Waals surface area contributed by atoms with Crippen molar-refractivity contribution in [2.75, 3.05) is 27.2 Å². The Kier molecular flexibility index (Phi) is 7.41. The van der Waals surface area contributed by atoms with E-state index in [0.29, 0.717) is 5.96 Å². The Hall–Kier alpha value is -1.63. The number of nitrogens with zero attached hydrogens (tertiary/aromatic N) is 3. The number of amides is 1. The van der Waals surface area contributed by atoms with Crippen LogP contribution in [-0.4, -0.2) is 54.5 Å². The molecule has 2 N–H and O–H groups in total. The monoisotopic (exact) mass is 367 g/mol. The molecule has 1 rings (SSSR count). The molecule has 0 bridgehead atoms. The van der Waals surface area contributed by atoms with E-state index in [1.54, 1.807) is 18.4 Å². The van der Waals surface area contributed by atoms with Gasteiger partial charge >= 0.3 is 0 Å². The summed E-state index contributed by atoms with van der Waals surface area (Å²) in [6.45, 7) is 13.4. The van der Waals surface area contributed by atoms with Gasteiger partial charge in [0.2, 0.25) is 5.91 Å². The SMILES string of the molecule is CN=C(NCCc1nc(C(C)(C)C)cs1)N(C)CC(=O)NC(C)(C)C. The summed E-state index contributed by atoms with van der Waals surface area (Å²) in [6.07, 6.45) is 0.835. The van der Waals surface area contributed by atoms with Crippen molar-refractivity contribution in [1.82, 2.24) is 20.5 Å². The maximum Gasteiger partial charge on any atom is 0.240 e. The molecule has 0 fully saturated rings. The van der Waals surface area contributed by atoms with E-state index in [0.717, 1.165) is 23.7 Å². The lowest BCUT2D eigenvalue weighted by Gasteiger charge is -2.25. The molecule has 0 radical (unpaired) electrons. The van der Waals surface area contributed by atoms with Crippen LogP contribution < -0.4 is 10.6 Å². The number of rotatable bonds is 5. The molecule has 0 aliphatic rings. The zero-order valence-electron chi connectivity index (χ0n) is 16.9. The number of carbonyl (C=O) groups is 1. The maximum absolute atomic E-state index is 12.0. The summed E-state index contributed by atoms with van der Waals surface area (Å²) in [5.74, 6) is 0.685. The quantitative estimate of drug-likeness (QED) is 0.619. The van der Waals surface area contributed by atoms with Crippen molar-refractivity contribution in [1.29, 1.82) is 0 Å². The van der Waals surface area contributed by atoms with Gasteiger partial charge in [-0.2, -0.15) is 0 Å². The first-order valence-corrected chi connectivity index (χ1v) is 9.48.